The van der Waals surface area contributed by atoms with Gasteiger partial charge in [-0.05, 0) is 36.8 Å². The molecule has 7 nitrogen and oxygen atoms in total. The van der Waals surface area contributed by atoms with Gasteiger partial charge in [0.2, 0.25) is 11.8 Å². The largest absolute Gasteiger partial charge is 0.420 e. The fourth-order valence-electron chi connectivity index (χ4n) is 4.02. The maximum Gasteiger partial charge on any atom is 0.247 e. The summed E-state index contributed by atoms with van der Waals surface area (Å²) in [6, 6.07) is 6.86. The van der Waals surface area contributed by atoms with Crippen LogP contribution in [0, 0.1) is 24.4 Å². The monoisotopic (exact) mass is 514 g/mol. The molecule has 34 heavy (non-hydrogen) atoms. The zero-order chi connectivity index (χ0) is 24.1. The smallest absolute Gasteiger partial charge is 0.247 e. The average Bonchev–Trinajstić information content (AvgIpc) is 3.42. The number of benzene rings is 2. The molecule has 0 radical (unpaired) electrons. The lowest BCUT2D eigenvalue weighted by atomic mass is 9.89. The van der Waals surface area contributed by atoms with E-state index in [1.807, 2.05) is 19.1 Å². The molecule has 2 aliphatic rings. The first-order chi connectivity index (χ1) is 16.2. The van der Waals surface area contributed by atoms with Crippen molar-refractivity contribution in [1.82, 2.24) is 10.2 Å². The number of aromatic nitrogens is 2. The van der Waals surface area contributed by atoms with E-state index in [4.69, 9.17) is 25.5 Å². The molecule has 2 fully saturated rings. The van der Waals surface area contributed by atoms with Gasteiger partial charge in [-0.1, -0.05) is 29.4 Å². The Morgan fingerprint density at radius 1 is 1.06 bits per heavy atom. The van der Waals surface area contributed by atoms with Crippen molar-refractivity contribution in [3.8, 4) is 11.5 Å². The van der Waals surface area contributed by atoms with Gasteiger partial charge in [-0.15, -0.1) is 10.2 Å². The highest BCUT2D eigenvalue weighted by Gasteiger charge is 2.54. The maximum atomic E-state index is 13.7. The number of thioether (sulfide) groups is 1. The molecule has 1 aromatic heterocycles. The van der Waals surface area contributed by atoms with Crippen molar-refractivity contribution in [2.45, 2.75) is 47.6 Å². The van der Waals surface area contributed by atoms with E-state index >= 15 is 0 Å². The lowest BCUT2D eigenvalue weighted by molar-refractivity contribution is -0.148. The second kappa shape index (κ2) is 9.14. The molecular formula is C22H18ClF3N2O5S. The van der Waals surface area contributed by atoms with Crippen LogP contribution >= 0.6 is 23.4 Å². The van der Waals surface area contributed by atoms with Gasteiger partial charge >= 0.3 is 0 Å². The minimum absolute atomic E-state index is 0.0261. The molecule has 2 aromatic carbocycles. The quantitative estimate of drug-likeness (QED) is 0.507. The maximum absolute atomic E-state index is 13.7. The SMILES string of the molecule is Cc1ccc(S[C@H]2OC3C(O)CO[C@@H]3C(c3nnc(-c4cc(F)c(F)c(F)c4)o3)C2O)cc1Cl. The fourth-order valence-corrected chi connectivity index (χ4v) is 5.36. The number of aliphatic hydroxyl groups is 2. The van der Waals surface area contributed by atoms with Crippen LogP contribution in [0.3, 0.4) is 0 Å². The average molecular weight is 515 g/mol. The number of aliphatic hydroxyl groups excluding tert-OH is 2. The first kappa shape index (κ1) is 23.6. The third-order valence-electron chi connectivity index (χ3n) is 5.81. The van der Waals surface area contributed by atoms with E-state index in [0.717, 1.165) is 22.6 Å². The topological polar surface area (TPSA) is 97.8 Å². The van der Waals surface area contributed by atoms with E-state index in [9.17, 15) is 23.4 Å². The zero-order valence-electron chi connectivity index (χ0n) is 17.5. The molecule has 180 valence electrons. The Kier molecular flexibility index (Phi) is 6.34. The molecule has 5 rings (SSSR count). The molecule has 0 saturated carbocycles. The van der Waals surface area contributed by atoms with Crippen molar-refractivity contribution in [2.75, 3.05) is 6.61 Å². The van der Waals surface area contributed by atoms with Crippen LogP contribution < -0.4 is 0 Å². The van der Waals surface area contributed by atoms with Gasteiger partial charge in [0.25, 0.3) is 0 Å². The summed E-state index contributed by atoms with van der Waals surface area (Å²) in [5.74, 6) is -5.68. The van der Waals surface area contributed by atoms with E-state index in [1.165, 1.54) is 11.8 Å². The van der Waals surface area contributed by atoms with E-state index in [-0.39, 0.29) is 24.0 Å². The zero-order valence-corrected chi connectivity index (χ0v) is 19.1. The van der Waals surface area contributed by atoms with Crippen LogP contribution in [-0.4, -0.2) is 56.9 Å². The second-order valence-corrected chi connectivity index (χ2v) is 9.66. The van der Waals surface area contributed by atoms with Gasteiger partial charge < -0.3 is 24.1 Å². The summed E-state index contributed by atoms with van der Waals surface area (Å²) in [4.78, 5) is 0.730. The molecule has 0 spiro atoms. The summed E-state index contributed by atoms with van der Waals surface area (Å²) >= 11 is 7.41. The summed E-state index contributed by atoms with van der Waals surface area (Å²) < 4.78 is 57.9. The summed E-state index contributed by atoms with van der Waals surface area (Å²) in [7, 11) is 0. The third kappa shape index (κ3) is 4.21. The minimum Gasteiger partial charge on any atom is -0.420 e. The van der Waals surface area contributed by atoms with Crippen LogP contribution in [0.1, 0.15) is 17.4 Å². The van der Waals surface area contributed by atoms with E-state index < -0.39 is 53.2 Å². The van der Waals surface area contributed by atoms with Crippen molar-refractivity contribution in [2.24, 2.45) is 0 Å². The number of hydrogen-bond donors (Lipinski definition) is 2. The third-order valence-corrected chi connectivity index (χ3v) is 7.36. The number of hydrogen-bond acceptors (Lipinski definition) is 8. The van der Waals surface area contributed by atoms with Crippen molar-refractivity contribution < 1.29 is 37.3 Å². The standard InChI is InChI=1S/C22H18ClF3N2O5S/c1-8-2-3-10(6-11(8)23)34-22-17(30)15(19-18(32-22)14(29)7-31-19)21-28-27-20(33-21)9-4-12(24)16(26)13(25)5-9/h2-6,14-15,17-19,22,29-30H,7H2,1H3/t14?,15?,17?,18?,19-,22-/m1/s1. The molecule has 0 amide bonds. The van der Waals surface area contributed by atoms with Gasteiger partial charge in [-0.2, -0.15) is 0 Å². The Bertz CT molecular complexity index is 1210. The highest BCUT2D eigenvalue weighted by atomic mass is 35.5. The van der Waals surface area contributed by atoms with Gasteiger partial charge in [0, 0.05) is 15.5 Å². The lowest BCUT2D eigenvalue weighted by Crippen LogP contribution is -2.52. The summed E-state index contributed by atoms with van der Waals surface area (Å²) in [5, 5.41) is 29.8. The number of halogens is 4. The van der Waals surface area contributed by atoms with E-state index in [0.29, 0.717) is 5.02 Å². The Labute approximate surface area is 200 Å². The van der Waals surface area contributed by atoms with Crippen LogP contribution in [0.2, 0.25) is 5.02 Å². The van der Waals surface area contributed by atoms with Gasteiger partial charge in [-0.3, -0.25) is 0 Å². The Hall–Kier alpha value is -2.15. The molecule has 2 aliphatic heterocycles. The van der Waals surface area contributed by atoms with Crippen molar-refractivity contribution in [3.05, 3.63) is 64.3 Å². The molecule has 6 atom stereocenters. The van der Waals surface area contributed by atoms with Gasteiger partial charge in [-0.25, -0.2) is 13.2 Å². The number of aryl methyl sites for hydroxylation is 1. The fraction of sp³-hybridized carbons (Fsp3) is 0.364. The predicted octanol–water partition coefficient (Wildman–Crippen LogP) is 3.84. The Morgan fingerprint density at radius 3 is 2.50 bits per heavy atom. The molecule has 2 N–H and O–H groups in total. The van der Waals surface area contributed by atoms with Crippen molar-refractivity contribution in [1.29, 1.82) is 0 Å². The summed E-state index contributed by atoms with van der Waals surface area (Å²) in [5.41, 5.74) is -0.126. The molecule has 3 aromatic rings. The second-order valence-electron chi connectivity index (χ2n) is 8.08. The normalized spacial score (nSPS) is 28.8. The number of ether oxygens (including phenoxy) is 2. The van der Waals surface area contributed by atoms with Gasteiger partial charge in [0.1, 0.15) is 29.9 Å². The van der Waals surface area contributed by atoms with Gasteiger partial charge in [0.15, 0.2) is 17.5 Å². The number of nitrogens with zero attached hydrogens (tertiary/aromatic N) is 2. The molecule has 2 saturated heterocycles. The molecule has 4 unspecified atom stereocenters. The Balaban J connectivity index is 1.46. The van der Waals surface area contributed by atoms with Crippen LogP contribution in [0.5, 0.6) is 0 Å². The minimum atomic E-state index is -1.62. The molecular weight excluding hydrogens is 497 g/mol. The molecule has 3 heterocycles. The van der Waals surface area contributed by atoms with Crippen LogP contribution in [0.4, 0.5) is 13.2 Å². The van der Waals surface area contributed by atoms with Crippen LogP contribution in [-0.2, 0) is 9.47 Å². The van der Waals surface area contributed by atoms with Crippen molar-refractivity contribution in [3.63, 3.8) is 0 Å². The van der Waals surface area contributed by atoms with E-state index in [2.05, 4.69) is 10.2 Å². The molecule has 0 bridgehead atoms. The number of rotatable bonds is 4. The van der Waals surface area contributed by atoms with Crippen LogP contribution in [0.25, 0.3) is 11.5 Å². The van der Waals surface area contributed by atoms with Gasteiger partial charge in [0.05, 0.1) is 12.5 Å². The predicted molar refractivity (Wildman–Crippen MR) is 115 cm³/mol. The first-order valence-corrected chi connectivity index (χ1v) is 11.5. The highest BCUT2D eigenvalue weighted by Crippen LogP contribution is 2.45. The van der Waals surface area contributed by atoms with Crippen LogP contribution in [0.15, 0.2) is 39.6 Å². The molecule has 0 aliphatic carbocycles. The number of fused-ring (bicyclic) bond motifs is 1. The summed E-state index contributed by atoms with van der Waals surface area (Å²) in [6.07, 6.45) is -3.76. The first-order valence-electron chi connectivity index (χ1n) is 10.3. The lowest BCUT2D eigenvalue weighted by Gasteiger charge is -2.40. The molecule has 12 heteroatoms. The highest BCUT2D eigenvalue weighted by molar-refractivity contribution is 7.99. The summed E-state index contributed by atoms with van der Waals surface area (Å²) in [6.45, 7) is 1.84. The Morgan fingerprint density at radius 2 is 1.79 bits per heavy atom. The van der Waals surface area contributed by atoms with Crippen molar-refractivity contribution >= 4 is 23.4 Å². The van der Waals surface area contributed by atoms with E-state index in [1.54, 1.807) is 6.07 Å².